The van der Waals surface area contributed by atoms with Crippen LogP contribution in [0.3, 0.4) is 0 Å². The summed E-state index contributed by atoms with van der Waals surface area (Å²) >= 11 is 0. The summed E-state index contributed by atoms with van der Waals surface area (Å²) in [4.78, 5) is 15.0. The van der Waals surface area contributed by atoms with Crippen molar-refractivity contribution in [2.24, 2.45) is 7.05 Å². The first-order valence-corrected chi connectivity index (χ1v) is 13.1. The fourth-order valence-electron chi connectivity index (χ4n) is 4.70. The molecule has 0 amide bonds. The lowest BCUT2D eigenvalue weighted by Gasteiger charge is -2.36. The maximum absolute atomic E-state index is 13.0. The van der Waals surface area contributed by atoms with Crippen LogP contribution in [-0.4, -0.2) is 54.8 Å². The van der Waals surface area contributed by atoms with Crippen LogP contribution in [-0.2, 0) is 35.7 Å². The zero-order chi connectivity index (χ0) is 23.7. The molecule has 0 unspecified atom stereocenters. The summed E-state index contributed by atoms with van der Waals surface area (Å²) in [5.74, 6) is 0.272. The molecule has 9 heteroatoms. The van der Waals surface area contributed by atoms with Crippen LogP contribution in [0.15, 0.2) is 65.6 Å². The lowest BCUT2D eigenvalue weighted by Crippen LogP contribution is -2.49. The molecule has 1 fully saturated rings. The summed E-state index contributed by atoms with van der Waals surface area (Å²) in [5, 5.41) is 4.20. The SMILES string of the molecule is Cn1ncc(N2CCN(S(=O)(=O)Cc3ccccc3)CC2)c(OC2Cc3ccccc3C2)c1=O. The van der Waals surface area contributed by atoms with Crippen LogP contribution in [0.1, 0.15) is 16.7 Å². The van der Waals surface area contributed by atoms with Crippen LogP contribution in [0.25, 0.3) is 0 Å². The Bertz CT molecular complexity index is 1310. The number of hydrogen-bond donors (Lipinski definition) is 0. The fourth-order valence-corrected chi connectivity index (χ4v) is 6.21. The lowest BCUT2D eigenvalue weighted by atomic mass is 10.1. The van der Waals surface area contributed by atoms with Crippen LogP contribution < -0.4 is 15.2 Å². The Kier molecular flexibility index (Phi) is 6.14. The number of aromatic nitrogens is 2. The Balaban J connectivity index is 1.30. The van der Waals surface area contributed by atoms with Crippen molar-refractivity contribution in [1.82, 2.24) is 14.1 Å². The van der Waals surface area contributed by atoms with E-state index in [9.17, 15) is 13.2 Å². The highest BCUT2D eigenvalue weighted by Gasteiger charge is 2.31. The summed E-state index contributed by atoms with van der Waals surface area (Å²) in [6.45, 7) is 1.62. The maximum Gasteiger partial charge on any atom is 0.311 e. The van der Waals surface area contributed by atoms with E-state index in [1.807, 2.05) is 47.4 Å². The summed E-state index contributed by atoms with van der Waals surface area (Å²) in [6, 6.07) is 17.4. The van der Waals surface area contributed by atoms with Crippen LogP contribution in [0.5, 0.6) is 5.75 Å². The molecule has 2 aromatic carbocycles. The quantitative estimate of drug-likeness (QED) is 0.537. The molecule has 5 rings (SSSR count). The maximum atomic E-state index is 13.0. The molecular weight excluding hydrogens is 452 g/mol. The number of nitrogens with zero attached hydrogens (tertiary/aromatic N) is 4. The normalized spacial score (nSPS) is 17.0. The number of piperazine rings is 1. The van der Waals surface area contributed by atoms with E-state index in [1.165, 1.54) is 20.1 Å². The van der Waals surface area contributed by atoms with E-state index in [4.69, 9.17) is 4.74 Å². The third-order valence-corrected chi connectivity index (χ3v) is 8.39. The highest BCUT2D eigenvalue weighted by atomic mass is 32.2. The molecule has 0 atom stereocenters. The molecule has 3 aromatic rings. The Hall–Kier alpha value is -3.17. The minimum Gasteiger partial charge on any atom is -0.482 e. The molecule has 0 spiro atoms. The van der Waals surface area contributed by atoms with Crippen molar-refractivity contribution in [2.45, 2.75) is 24.7 Å². The molecule has 34 heavy (non-hydrogen) atoms. The number of fused-ring (bicyclic) bond motifs is 1. The van der Waals surface area contributed by atoms with Gasteiger partial charge in [-0.1, -0.05) is 54.6 Å². The molecule has 1 aromatic heterocycles. The van der Waals surface area contributed by atoms with Gasteiger partial charge in [0.05, 0.1) is 11.9 Å². The van der Waals surface area contributed by atoms with Crippen molar-refractivity contribution in [3.8, 4) is 5.75 Å². The standard InChI is InChI=1S/C25H28N4O4S/c1-27-25(30)24(33-22-15-20-9-5-6-10-21(20)16-22)23(17-26-27)28-11-13-29(14-12-28)34(31,32)18-19-7-3-2-4-8-19/h2-10,17,22H,11-16,18H2,1H3. The average Bonchev–Trinajstić information content (AvgIpc) is 3.25. The first-order chi connectivity index (χ1) is 16.4. The van der Waals surface area contributed by atoms with Crippen molar-refractivity contribution in [3.05, 3.63) is 87.8 Å². The minimum atomic E-state index is -3.42. The number of hydrogen-bond acceptors (Lipinski definition) is 6. The monoisotopic (exact) mass is 480 g/mol. The molecule has 1 saturated heterocycles. The van der Waals surface area contributed by atoms with Crippen LogP contribution in [0.4, 0.5) is 5.69 Å². The second-order valence-corrected chi connectivity index (χ2v) is 10.8. The largest absolute Gasteiger partial charge is 0.482 e. The molecular formula is C25H28N4O4S. The lowest BCUT2D eigenvalue weighted by molar-refractivity contribution is 0.209. The van der Waals surface area contributed by atoms with E-state index in [0.717, 1.165) is 18.4 Å². The van der Waals surface area contributed by atoms with E-state index in [0.29, 0.717) is 31.9 Å². The summed E-state index contributed by atoms with van der Waals surface area (Å²) in [7, 11) is -1.81. The van der Waals surface area contributed by atoms with Gasteiger partial charge in [0.1, 0.15) is 11.8 Å². The number of benzene rings is 2. The van der Waals surface area contributed by atoms with E-state index in [2.05, 4.69) is 17.2 Å². The molecule has 0 radical (unpaired) electrons. The highest BCUT2D eigenvalue weighted by molar-refractivity contribution is 7.88. The van der Waals surface area contributed by atoms with E-state index in [1.54, 1.807) is 13.2 Å². The second kappa shape index (κ2) is 9.23. The zero-order valence-electron chi connectivity index (χ0n) is 19.1. The van der Waals surface area contributed by atoms with Crippen molar-refractivity contribution >= 4 is 15.7 Å². The predicted octanol–water partition coefficient (Wildman–Crippen LogP) is 1.98. The summed E-state index contributed by atoms with van der Waals surface area (Å²) in [5.41, 5.74) is 3.61. The minimum absolute atomic E-state index is 0.0160. The molecule has 2 aliphatic rings. The van der Waals surface area contributed by atoms with Crippen LogP contribution in [0.2, 0.25) is 0 Å². The Morgan fingerprint density at radius 1 is 0.941 bits per heavy atom. The number of sulfonamides is 1. The third-order valence-electron chi connectivity index (χ3n) is 6.54. The first kappa shape index (κ1) is 22.6. The van der Waals surface area contributed by atoms with Gasteiger partial charge in [0, 0.05) is 46.1 Å². The molecule has 2 heterocycles. The van der Waals surface area contributed by atoms with Crippen molar-refractivity contribution in [2.75, 3.05) is 31.1 Å². The van der Waals surface area contributed by atoms with E-state index < -0.39 is 10.0 Å². The van der Waals surface area contributed by atoms with Crippen LogP contribution in [0, 0.1) is 0 Å². The van der Waals surface area contributed by atoms with Gasteiger partial charge in [-0.3, -0.25) is 4.79 Å². The number of aryl methyl sites for hydroxylation is 1. The Morgan fingerprint density at radius 3 is 2.21 bits per heavy atom. The van der Waals surface area contributed by atoms with Crippen molar-refractivity contribution < 1.29 is 13.2 Å². The van der Waals surface area contributed by atoms with Crippen LogP contribution >= 0.6 is 0 Å². The molecule has 0 N–H and O–H groups in total. The van der Waals surface area contributed by atoms with E-state index in [-0.39, 0.29) is 23.2 Å². The van der Waals surface area contributed by atoms with Gasteiger partial charge in [-0.15, -0.1) is 0 Å². The molecule has 1 aliphatic heterocycles. The molecule has 178 valence electrons. The average molecular weight is 481 g/mol. The Labute approximate surface area is 199 Å². The van der Waals surface area contributed by atoms with Gasteiger partial charge in [0.15, 0.2) is 0 Å². The first-order valence-electron chi connectivity index (χ1n) is 11.5. The van der Waals surface area contributed by atoms with Crippen molar-refractivity contribution in [1.29, 1.82) is 0 Å². The number of rotatable bonds is 6. The molecule has 0 saturated carbocycles. The molecule has 1 aliphatic carbocycles. The van der Waals surface area contributed by atoms with Crippen molar-refractivity contribution in [3.63, 3.8) is 0 Å². The van der Waals surface area contributed by atoms with E-state index >= 15 is 0 Å². The third kappa shape index (κ3) is 4.58. The van der Waals surface area contributed by atoms with Gasteiger partial charge in [-0.05, 0) is 16.7 Å². The topological polar surface area (TPSA) is 84.7 Å². The van der Waals surface area contributed by atoms with Gasteiger partial charge in [-0.25, -0.2) is 13.1 Å². The van der Waals surface area contributed by atoms with Gasteiger partial charge in [0.2, 0.25) is 15.8 Å². The summed E-state index contributed by atoms with van der Waals surface area (Å²) < 4.78 is 34.9. The second-order valence-electron chi connectivity index (χ2n) is 8.83. The fraction of sp³-hybridized carbons (Fsp3) is 0.360. The predicted molar refractivity (Wildman–Crippen MR) is 131 cm³/mol. The summed E-state index contributed by atoms with van der Waals surface area (Å²) in [6.07, 6.45) is 3.05. The number of ether oxygens (including phenoxy) is 1. The van der Waals surface area contributed by atoms with Gasteiger partial charge in [-0.2, -0.15) is 9.40 Å². The zero-order valence-corrected chi connectivity index (χ0v) is 19.9. The smallest absolute Gasteiger partial charge is 0.311 e. The van der Waals surface area contributed by atoms with Gasteiger partial charge >= 0.3 is 5.56 Å². The Morgan fingerprint density at radius 2 is 1.56 bits per heavy atom. The van der Waals surface area contributed by atoms with Gasteiger partial charge < -0.3 is 9.64 Å². The molecule has 8 nitrogen and oxygen atoms in total. The molecule has 0 bridgehead atoms. The highest BCUT2D eigenvalue weighted by Crippen LogP contribution is 2.30. The van der Waals surface area contributed by atoms with Gasteiger partial charge in [0.25, 0.3) is 0 Å². The number of anilines is 1.